The van der Waals surface area contributed by atoms with Gasteiger partial charge >= 0.3 is 6.03 Å². The molecule has 0 bridgehead atoms. The minimum absolute atomic E-state index is 0.0588. The fraction of sp³-hybridized carbons (Fsp3) is 0.368. The molecule has 0 spiro atoms. The van der Waals surface area contributed by atoms with E-state index >= 15 is 0 Å². The summed E-state index contributed by atoms with van der Waals surface area (Å²) in [6.45, 7) is 2.42. The van der Waals surface area contributed by atoms with Crippen molar-refractivity contribution in [2.45, 2.75) is 38.3 Å². The lowest BCUT2D eigenvalue weighted by atomic mass is 9.97. The van der Waals surface area contributed by atoms with Crippen LogP contribution in [0.2, 0.25) is 0 Å². The van der Waals surface area contributed by atoms with Gasteiger partial charge in [0.15, 0.2) is 0 Å². The molecule has 2 atom stereocenters. The third-order valence-electron chi connectivity index (χ3n) is 4.72. The zero-order valence-corrected chi connectivity index (χ0v) is 13.9. The van der Waals surface area contributed by atoms with E-state index in [1.165, 1.54) is 16.3 Å². The maximum atomic E-state index is 12.6. The predicted octanol–water partition coefficient (Wildman–Crippen LogP) is 2.43. The van der Waals surface area contributed by atoms with Crippen molar-refractivity contribution >= 4 is 22.7 Å². The first kappa shape index (κ1) is 16.3. The first-order valence-corrected chi connectivity index (χ1v) is 8.39. The summed E-state index contributed by atoms with van der Waals surface area (Å²) in [7, 11) is 0. The number of benzene rings is 2. The normalized spacial score (nSPS) is 18.5. The van der Waals surface area contributed by atoms with E-state index in [1.54, 1.807) is 6.92 Å². The molecule has 5 heteroatoms. The van der Waals surface area contributed by atoms with E-state index in [4.69, 9.17) is 5.73 Å². The van der Waals surface area contributed by atoms with Crippen molar-refractivity contribution in [1.82, 2.24) is 10.2 Å². The van der Waals surface area contributed by atoms with Gasteiger partial charge in [-0.3, -0.25) is 4.79 Å². The molecule has 0 aliphatic carbocycles. The van der Waals surface area contributed by atoms with Crippen molar-refractivity contribution < 1.29 is 9.59 Å². The Morgan fingerprint density at radius 3 is 2.79 bits per heavy atom. The van der Waals surface area contributed by atoms with Gasteiger partial charge in [0.1, 0.15) is 6.04 Å². The van der Waals surface area contributed by atoms with Crippen LogP contribution in [0.25, 0.3) is 10.8 Å². The standard InChI is InChI=1S/C19H23N3O2/c1-13(21-19(20)24)18(23)22-11-5-9-16(22)12-15-8-4-7-14-6-2-3-10-17(14)15/h2-4,6-8,10,13,16H,5,9,11-12H2,1H3,(H3,20,21,24). The molecule has 2 unspecified atom stereocenters. The van der Waals surface area contributed by atoms with E-state index in [2.05, 4.69) is 35.6 Å². The van der Waals surface area contributed by atoms with Crippen LogP contribution in [0, 0.1) is 0 Å². The fourth-order valence-corrected chi connectivity index (χ4v) is 3.59. The topological polar surface area (TPSA) is 75.4 Å². The molecule has 2 aromatic carbocycles. The average molecular weight is 325 g/mol. The number of nitrogens with one attached hydrogen (secondary N) is 1. The lowest BCUT2D eigenvalue weighted by Gasteiger charge is -2.28. The molecule has 2 aromatic rings. The van der Waals surface area contributed by atoms with Gasteiger partial charge in [0.25, 0.3) is 0 Å². The van der Waals surface area contributed by atoms with Gasteiger partial charge < -0.3 is 16.0 Å². The molecular formula is C19H23N3O2. The summed E-state index contributed by atoms with van der Waals surface area (Å²) in [4.78, 5) is 25.5. The van der Waals surface area contributed by atoms with E-state index in [0.717, 1.165) is 25.8 Å². The molecule has 24 heavy (non-hydrogen) atoms. The highest BCUT2D eigenvalue weighted by molar-refractivity contribution is 5.87. The van der Waals surface area contributed by atoms with Crippen LogP contribution >= 0.6 is 0 Å². The van der Waals surface area contributed by atoms with Crippen LogP contribution in [0.3, 0.4) is 0 Å². The highest BCUT2D eigenvalue weighted by Gasteiger charge is 2.32. The smallest absolute Gasteiger partial charge is 0.312 e. The maximum Gasteiger partial charge on any atom is 0.312 e. The van der Waals surface area contributed by atoms with Crippen molar-refractivity contribution in [2.75, 3.05) is 6.54 Å². The lowest BCUT2D eigenvalue weighted by molar-refractivity contribution is -0.133. The van der Waals surface area contributed by atoms with Gasteiger partial charge in [-0.15, -0.1) is 0 Å². The molecule has 1 aliphatic heterocycles. The maximum absolute atomic E-state index is 12.6. The Balaban J connectivity index is 1.78. The summed E-state index contributed by atoms with van der Waals surface area (Å²) in [5.74, 6) is -0.0588. The van der Waals surface area contributed by atoms with Gasteiger partial charge in [-0.2, -0.15) is 0 Å². The van der Waals surface area contributed by atoms with Crippen molar-refractivity contribution in [3.05, 3.63) is 48.0 Å². The SMILES string of the molecule is CC(NC(N)=O)C(=O)N1CCCC1Cc1cccc2ccccc12. The molecule has 3 amide bonds. The van der Waals surface area contributed by atoms with Crippen LogP contribution in [-0.4, -0.2) is 35.5 Å². The van der Waals surface area contributed by atoms with Crippen LogP contribution in [0.4, 0.5) is 4.79 Å². The number of nitrogens with two attached hydrogens (primary N) is 1. The Morgan fingerprint density at radius 1 is 1.25 bits per heavy atom. The second-order valence-electron chi connectivity index (χ2n) is 6.40. The number of nitrogens with zero attached hydrogens (tertiary/aromatic N) is 1. The molecule has 0 aromatic heterocycles. The van der Waals surface area contributed by atoms with Crippen LogP contribution in [0.5, 0.6) is 0 Å². The largest absolute Gasteiger partial charge is 0.352 e. The first-order valence-electron chi connectivity index (χ1n) is 8.39. The van der Waals surface area contributed by atoms with Gasteiger partial charge in [0.2, 0.25) is 5.91 Å². The highest BCUT2D eigenvalue weighted by Crippen LogP contribution is 2.26. The molecule has 3 N–H and O–H groups in total. The molecule has 1 aliphatic rings. The molecule has 1 fully saturated rings. The number of hydrogen-bond donors (Lipinski definition) is 2. The van der Waals surface area contributed by atoms with Crippen molar-refractivity contribution in [1.29, 1.82) is 0 Å². The Labute approximate surface area is 141 Å². The predicted molar refractivity (Wildman–Crippen MR) is 94.6 cm³/mol. The molecule has 126 valence electrons. The van der Waals surface area contributed by atoms with Gasteiger partial charge in [-0.05, 0) is 42.5 Å². The first-order chi connectivity index (χ1) is 11.6. The highest BCUT2D eigenvalue weighted by atomic mass is 16.2. The number of primary amides is 1. The molecule has 3 rings (SSSR count). The Kier molecular flexibility index (Phi) is 4.69. The summed E-state index contributed by atoms with van der Waals surface area (Å²) in [6, 6.07) is 13.5. The fourth-order valence-electron chi connectivity index (χ4n) is 3.59. The molecular weight excluding hydrogens is 302 g/mol. The van der Waals surface area contributed by atoms with Crippen LogP contribution in [-0.2, 0) is 11.2 Å². The molecule has 0 saturated carbocycles. The summed E-state index contributed by atoms with van der Waals surface area (Å²) in [6.07, 6.45) is 2.80. The van der Waals surface area contributed by atoms with Crippen LogP contribution in [0.15, 0.2) is 42.5 Å². The zero-order chi connectivity index (χ0) is 17.1. The number of fused-ring (bicyclic) bond motifs is 1. The minimum atomic E-state index is -0.666. The second-order valence-corrected chi connectivity index (χ2v) is 6.40. The Morgan fingerprint density at radius 2 is 2.00 bits per heavy atom. The summed E-state index contributed by atoms with van der Waals surface area (Å²) >= 11 is 0. The average Bonchev–Trinajstić information content (AvgIpc) is 3.02. The summed E-state index contributed by atoms with van der Waals surface area (Å²) in [5, 5.41) is 4.94. The van der Waals surface area contributed by atoms with Gasteiger partial charge in [-0.25, -0.2) is 4.79 Å². The number of likely N-dealkylation sites (tertiary alicyclic amines) is 1. The number of amides is 3. The van der Waals surface area contributed by atoms with E-state index in [1.807, 2.05) is 17.0 Å². The van der Waals surface area contributed by atoms with Crippen LogP contribution in [0.1, 0.15) is 25.3 Å². The zero-order valence-electron chi connectivity index (χ0n) is 13.9. The Hall–Kier alpha value is -2.56. The summed E-state index contributed by atoms with van der Waals surface area (Å²) < 4.78 is 0. The summed E-state index contributed by atoms with van der Waals surface area (Å²) in [5.41, 5.74) is 6.39. The number of urea groups is 1. The second kappa shape index (κ2) is 6.91. The number of carbonyl (C=O) groups is 2. The van der Waals surface area contributed by atoms with Crippen molar-refractivity contribution in [2.24, 2.45) is 5.73 Å². The number of carbonyl (C=O) groups excluding carboxylic acids is 2. The van der Waals surface area contributed by atoms with E-state index < -0.39 is 12.1 Å². The molecule has 1 saturated heterocycles. The lowest BCUT2D eigenvalue weighted by Crippen LogP contribution is -2.50. The monoisotopic (exact) mass is 325 g/mol. The molecule has 5 nitrogen and oxygen atoms in total. The molecule has 0 radical (unpaired) electrons. The van der Waals surface area contributed by atoms with E-state index in [9.17, 15) is 9.59 Å². The minimum Gasteiger partial charge on any atom is -0.352 e. The van der Waals surface area contributed by atoms with Crippen molar-refractivity contribution in [3.8, 4) is 0 Å². The number of rotatable bonds is 4. The van der Waals surface area contributed by atoms with Gasteiger partial charge in [0.05, 0.1) is 0 Å². The van der Waals surface area contributed by atoms with Gasteiger partial charge in [0, 0.05) is 12.6 Å². The molecule has 1 heterocycles. The Bertz CT molecular complexity index is 754. The number of hydrogen-bond acceptors (Lipinski definition) is 2. The van der Waals surface area contributed by atoms with E-state index in [-0.39, 0.29) is 11.9 Å². The quantitative estimate of drug-likeness (QED) is 0.906. The third-order valence-corrected chi connectivity index (χ3v) is 4.72. The van der Waals surface area contributed by atoms with E-state index in [0.29, 0.717) is 0 Å². The third kappa shape index (κ3) is 3.35. The van der Waals surface area contributed by atoms with Crippen molar-refractivity contribution in [3.63, 3.8) is 0 Å². The van der Waals surface area contributed by atoms with Gasteiger partial charge in [-0.1, -0.05) is 42.5 Å². The van der Waals surface area contributed by atoms with Crippen LogP contribution < -0.4 is 11.1 Å².